The van der Waals surface area contributed by atoms with Crippen molar-refractivity contribution in [1.82, 2.24) is 9.38 Å². The normalized spacial score (nSPS) is 10.8. The first-order chi connectivity index (χ1) is 9.56. The SMILES string of the molecule is Nc1c(-c2ccc([N+](=O)[O-])cc2)nc2cc(Cl)ccn12. The summed E-state index contributed by atoms with van der Waals surface area (Å²) in [6.07, 6.45) is 1.73. The van der Waals surface area contributed by atoms with Crippen LogP contribution in [-0.2, 0) is 0 Å². The highest BCUT2D eigenvalue weighted by molar-refractivity contribution is 6.30. The van der Waals surface area contributed by atoms with Gasteiger partial charge in [0.2, 0.25) is 0 Å². The van der Waals surface area contributed by atoms with Crippen molar-refractivity contribution in [3.8, 4) is 11.3 Å². The maximum Gasteiger partial charge on any atom is 0.269 e. The summed E-state index contributed by atoms with van der Waals surface area (Å²) < 4.78 is 1.71. The van der Waals surface area contributed by atoms with Gasteiger partial charge in [0.15, 0.2) is 0 Å². The number of benzene rings is 1. The van der Waals surface area contributed by atoms with Crippen molar-refractivity contribution in [2.24, 2.45) is 0 Å². The van der Waals surface area contributed by atoms with Crippen LogP contribution in [0.1, 0.15) is 0 Å². The summed E-state index contributed by atoms with van der Waals surface area (Å²) in [6.45, 7) is 0. The van der Waals surface area contributed by atoms with E-state index >= 15 is 0 Å². The highest BCUT2D eigenvalue weighted by Gasteiger charge is 2.13. The molecule has 2 aromatic heterocycles. The van der Waals surface area contributed by atoms with Gasteiger partial charge in [0.25, 0.3) is 5.69 Å². The Kier molecular flexibility index (Phi) is 2.80. The van der Waals surface area contributed by atoms with Crippen molar-refractivity contribution in [3.63, 3.8) is 0 Å². The summed E-state index contributed by atoms with van der Waals surface area (Å²) in [7, 11) is 0. The maximum atomic E-state index is 10.6. The zero-order valence-electron chi connectivity index (χ0n) is 10.2. The number of nitrogens with zero attached hydrogens (tertiary/aromatic N) is 3. The quantitative estimate of drug-likeness (QED) is 0.579. The van der Waals surface area contributed by atoms with Crippen molar-refractivity contribution in [3.05, 3.63) is 57.7 Å². The molecule has 0 amide bonds. The molecule has 20 heavy (non-hydrogen) atoms. The van der Waals surface area contributed by atoms with Crippen LogP contribution in [0.4, 0.5) is 11.5 Å². The number of anilines is 1. The van der Waals surface area contributed by atoms with E-state index < -0.39 is 4.92 Å². The minimum Gasteiger partial charge on any atom is -0.383 e. The van der Waals surface area contributed by atoms with Crippen molar-refractivity contribution in [1.29, 1.82) is 0 Å². The van der Waals surface area contributed by atoms with E-state index in [1.807, 2.05) is 0 Å². The van der Waals surface area contributed by atoms with Crippen molar-refractivity contribution >= 4 is 28.8 Å². The summed E-state index contributed by atoms with van der Waals surface area (Å²) in [5, 5.41) is 11.2. The zero-order valence-corrected chi connectivity index (χ0v) is 10.9. The molecule has 3 aromatic rings. The van der Waals surface area contributed by atoms with Crippen molar-refractivity contribution in [2.75, 3.05) is 5.73 Å². The standard InChI is InChI=1S/C13H9ClN4O2/c14-9-5-6-17-11(7-9)16-12(13(17)15)8-1-3-10(4-2-8)18(19)20/h1-7H,15H2. The van der Waals surface area contributed by atoms with E-state index in [1.165, 1.54) is 12.1 Å². The summed E-state index contributed by atoms with van der Waals surface area (Å²) in [5.41, 5.74) is 7.98. The minimum atomic E-state index is -0.448. The molecule has 0 aliphatic carbocycles. The van der Waals surface area contributed by atoms with E-state index in [-0.39, 0.29) is 5.69 Å². The summed E-state index contributed by atoms with van der Waals surface area (Å²) in [6, 6.07) is 9.51. The zero-order chi connectivity index (χ0) is 14.3. The van der Waals surface area contributed by atoms with E-state index in [9.17, 15) is 10.1 Å². The van der Waals surface area contributed by atoms with Crippen molar-refractivity contribution < 1.29 is 4.92 Å². The molecule has 0 unspecified atom stereocenters. The Morgan fingerprint density at radius 1 is 1.25 bits per heavy atom. The fraction of sp³-hybridized carbons (Fsp3) is 0. The van der Waals surface area contributed by atoms with Crippen LogP contribution in [0.2, 0.25) is 5.02 Å². The number of hydrogen-bond donors (Lipinski definition) is 1. The van der Waals surface area contributed by atoms with E-state index in [0.29, 0.717) is 27.7 Å². The summed E-state index contributed by atoms with van der Waals surface area (Å²) in [5.74, 6) is 0.463. The molecule has 1 aromatic carbocycles. The second-order valence-corrected chi connectivity index (χ2v) is 4.66. The molecule has 0 saturated heterocycles. The third-order valence-corrected chi connectivity index (χ3v) is 3.21. The van der Waals surface area contributed by atoms with Crippen LogP contribution in [0.15, 0.2) is 42.6 Å². The lowest BCUT2D eigenvalue weighted by Crippen LogP contribution is -1.94. The highest BCUT2D eigenvalue weighted by atomic mass is 35.5. The Labute approximate surface area is 118 Å². The smallest absolute Gasteiger partial charge is 0.269 e. The van der Waals surface area contributed by atoms with E-state index in [2.05, 4.69) is 4.98 Å². The van der Waals surface area contributed by atoms with Gasteiger partial charge in [-0.25, -0.2) is 4.98 Å². The average Bonchev–Trinajstić information content (AvgIpc) is 2.75. The Morgan fingerprint density at radius 3 is 2.60 bits per heavy atom. The third-order valence-electron chi connectivity index (χ3n) is 2.98. The molecule has 0 fully saturated rings. The van der Waals surface area contributed by atoms with Crippen LogP contribution in [-0.4, -0.2) is 14.3 Å². The van der Waals surface area contributed by atoms with Gasteiger partial charge < -0.3 is 5.73 Å². The molecule has 0 atom stereocenters. The lowest BCUT2D eigenvalue weighted by molar-refractivity contribution is -0.384. The number of non-ortho nitro benzene ring substituents is 1. The number of rotatable bonds is 2. The average molecular weight is 289 g/mol. The number of nitro groups is 1. The molecule has 100 valence electrons. The largest absolute Gasteiger partial charge is 0.383 e. The van der Waals surface area contributed by atoms with Crippen LogP contribution in [0.3, 0.4) is 0 Å². The topological polar surface area (TPSA) is 86.5 Å². The van der Waals surface area contributed by atoms with Crippen LogP contribution in [0.25, 0.3) is 16.9 Å². The molecule has 0 aliphatic heterocycles. The van der Waals surface area contributed by atoms with Gasteiger partial charge in [-0.05, 0) is 18.2 Å². The molecule has 6 nitrogen and oxygen atoms in total. The molecule has 2 heterocycles. The number of nitro benzene ring substituents is 1. The number of fused-ring (bicyclic) bond motifs is 1. The Bertz CT molecular complexity index is 811. The molecule has 0 saturated carbocycles. The molecular formula is C13H9ClN4O2. The monoisotopic (exact) mass is 288 g/mol. The second-order valence-electron chi connectivity index (χ2n) is 4.22. The van der Waals surface area contributed by atoms with Crippen LogP contribution >= 0.6 is 11.6 Å². The third kappa shape index (κ3) is 1.96. The molecule has 0 aliphatic rings. The molecular weight excluding hydrogens is 280 g/mol. The fourth-order valence-corrected chi connectivity index (χ4v) is 2.15. The lowest BCUT2D eigenvalue weighted by Gasteiger charge is -1.99. The molecule has 0 radical (unpaired) electrons. The Morgan fingerprint density at radius 2 is 1.95 bits per heavy atom. The van der Waals surface area contributed by atoms with Crippen LogP contribution in [0.5, 0.6) is 0 Å². The first kappa shape index (κ1) is 12.4. The van der Waals surface area contributed by atoms with Gasteiger partial charge in [-0.2, -0.15) is 0 Å². The van der Waals surface area contributed by atoms with Gasteiger partial charge in [-0.15, -0.1) is 0 Å². The number of nitrogen functional groups attached to an aromatic ring is 1. The second kappa shape index (κ2) is 4.50. The van der Waals surface area contributed by atoms with Crippen LogP contribution < -0.4 is 5.73 Å². The lowest BCUT2D eigenvalue weighted by atomic mass is 10.1. The molecule has 7 heteroatoms. The first-order valence-electron chi connectivity index (χ1n) is 5.74. The van der Waals surface area contributed by atoms with Gasteiger partial charge in [0.1, 0.15) is 17.2 Å². The summed E-state index contributed by atoms with van der Waals surface area (Å²) in [4.78, 5) is 14.6. The van der Waals surface area contributed by atoms with E-state index in [1.54, 1.807) is 34.9 Å². The highest BCUT2D eigenvalue weighted by Crippen LogP contribution is 2.28. The van der Waals surface area contributed by atoms with E-state index in [4.69, 9.17) is 17.3 Å². The number of pyridine rings is 1. The predicted molar refractivity (Wildman–Crippen MR) is 76.7 cm³/mol. The number of imidazole rings is 1. The summed E-state index contributed by atoms with van der Waals surface area (Å²) >= 11 is 5.91. The minimum absolute atomic E-state index is 0.0270. The molecule has 0 bridgehead atoms. The van der Waals surface area contributed by atoms with E-state index in [0.717, 1.165) is 0 Å². The van der Waals surface area contributed by atoms with Gasteiger partial charge >= 0.3 is 0 Å². The molecule has 0 spiro atoms. The Balaban J connectivity index is 2.14. The van der Waals surface area contributed by atoms with Gasteiger partial charge in [-0.3, -0.25) is 14.5 Å². The number of nitrogens with two attached hydrogens (primary N) is 1. The van der Waals surface area contributed by atoms with Gasteiger partial charge in [0.05, 0.1) is 4.92 Å². The van der Waals surface area contributed by atoms with Gasteiger partial charge in [0, 0.05) is 35.0 Å². The predicted octanol–water partition coefficient (Wildman–Crippen LogP) is 3.15. The van der Waals surface area contributed by atoms with Crippen LogP contribution in [0, 0.1) is 10.1 Å². The molecule has 2 N–H and O–H groups in total. The number of aromatic nitrogens is 2. The maximum absolute atomic E-state index is 10.6. The first-order valence-corrected chi connectivity index (χ1v) is 6.12. The number of halogens is 1. The Hall–Kier alpha value is -2.60. The molecule has 3 rings (SSSR count). The van der Waals surface area contributed by atoms with Gasteiger partial charge in [-0.1, -0.05) is 11.6 Å². The number of hydrogen-bond acceptors (Lipinski definition) is 4. The fourth-order valence-electron chi connectivity index (χ4n) is 1.99. The van der Waals surface area contributed by atoms with Crippen molar-refractivity contribution in [2.45, 2.75) is 0 Å².